The monoisotopic (exact) mass is 345 g/mol. The molecule has 0 amide bonds. The van der Waals surface area contributed by atoms with Crippen molar-refractivity contribution in [1.29, 1.82) is 0 Å². The van der Waals surface area contributed by atoms with E-state index in [1.165, 1.54) is 18.0 Å². The molecule has 0 aliphatic heterocycles. The third-order valence-electron chi connectivity index (χ3n) is 3.33. The molecule has 4 nitrogen and oxygen atoms in total. The van der Waals surface area contributed by atoms with E-state index in [1.807, 2.05) is 24.3 Å². The van der Waals surface area contributed by atoms with Crippen molar-refractivity contribution in [3.8, 4) is 5.75 Å². The SMILES string of the molecule is O=C(O)c1cc(SNc2ccc(Cl)cc2)c2ccccc2c1O. The van der Waals surface area contributed by atoms with Gasteiger partial charge in [0.15, 0.2) is 0 Å². The number of aromatic carboxylic acids is 1. The molecule has 0 radical (unpaired) electrons. The van der Waals surface area contributed by atoms with Crippen molar-refractivity contribution in [1.82, 2.24) is 0 Å². The van der Waals surface area contributed by atoms with E-state index in [0.29, 0.717) is 15.3 Å². The van der Waals surface area contributed by atoms with E-state index in [4.69, 9.17) is 11.6 Å². The second-order valence-corrected chi connectivity index (χ2v) is 6.12. The van der Waals surface area contributed by atoms with E-state index < -0.39 is 5.97 Å². The van der Waals surface area contributed by atoms with Gasteiger partial charge < -0.3 is 14.9 Å². The maximum Gasteiger partial charge on any atom is 0.339 e. The van der Waals surface area contributed by atoms with Gasteiger partial charge >= 0.3 is 5.97 Å². The van der Waals surface area contributed by atoms with Crippen LogP contribution < -0.4 is 4.72 Å². The zero-order valence-corrected chi connectivity index (χ0v) is 13.4. The Morgan fingerprint density at radius 2 is 1.70 bits per heavy atom. The predicted octanol–water partition coefficient (Wildman–Crippen LogP) is 5.02. The van der Waals surface area contributed by atoms with Crippen LogP contribution in [-0.4, -0.2) is 16.2 Å². The standard InChI is InChI=1S/C17H12ClNO3S/c18-10-5-7-11(8-6-10)19-23-15-9-14(17(21)22)16(20)13-4-2-1-3-12(13)15/h1-9,19-20H,(H,21,22). The maximum absolute atomic E-state index is 11.3. The maximum atomic E-state index is 11.3. The molecule has 6 heteroatoms. The Morgan fingerprint density at radius 3 is 2.35 bits per heavy atom. The summed E-state index contributed by atoms with van der Waals surface area (Å²) < 4.78 is 3.15. The van der Waals surface area contributed by atoms with Gasteiger partial charge in [-0.15, -0.1) is 0 Å². The van der Waals surface area contributed by atoms with E-state index >= 15 is 0 Å². The number of rotatable bonds is 4. The predicted molar refractivity (Wildman–Crippen MR) is 93.5 cm³/mol. The topological polar surface area (TPSA) is 69.6 Å². The van der Waals surface area contributed by atoms with E-state index in [0.717, 1.165) is 11.1 Å². The van der Waals surface area contributed by atoms with Crippen LogP contribution in [0.4, 0.5) is 5.69 Å². The molecule has 0 aliphatic rings. The highest BCUT2D eigenvalue weighted by Crippen LogP contribution is 2.36. The Labute approximate surface area is 141 Å². The molecule has 3 N–H and O–H groups in total. The van der Waals surface area contributed by atoms with Crippen molar-refractivity contribution in [2.45, 2.75) is 4.90 Å². The van der Waals surface area contributed by atoms with Crippen LogP contribution in [0.25, 0.3) is 10.8 Å². The molecule has 116 valence electrons. The summed E-state index contributed by atoms with van der Waals surface area (Å²) in [6.07, 6.45) is 0. The van der Waals surface area contributed by atoms with Crippen molar-refractivity contribution >= 4 is 46.0 Å². The summed E-state index contributed by atoms with van der Waals surface area (Å²) in [5.41, 5.74) is 0.720. The van der Waals surface area contributed by atoms with Gasteiger partial charge in [0.2, 0.25) is 0 Å². The second kappa shape index (κ2) is 6.40. The van der Waals surface area contributed by atoms with Gasteiger partial charge in [-0.1, -0.05) is 35.9 Å². The van der Waals surface area contributed by atoms with Crippen LogP contribution in [0.5, 0.6) is 5.75 Å². The van der Waals surface area contributed by atoms with Gasteiger partial charge in [-0.2, -0.15) is 0 Å². The highest BCUT2D eigenvalue weighted by Gasteiger charge is 2.16. The smallest absolute Gasteiger partial charge is 0.339 e. The second-order valence-electron chi connectivity index (χ2n) is 4.83. The minimum absolute atomic E-state index is 0.121. The van der Waals surface area contributed by atoms with Gasteiger partial charge in [0.05, 0.1) is 0 Å². The Hall–Kier alpha value is -2.37. The van der Waals surface area contributed by atoms with Crippen LogP contribution in [0.15, 0.2) is 59.5 Å². The normalized spacial score (nSPS) is 10.7. The molecule has 0 unspecified atom stereocenters. The lowest BCUT2D eigenvalue weighted by molar-refractivity contribution is 0.0694. The number of hydrogen-bond acceptors (Lipinski definition) is 4. The number of carboxylic acid groups (broad SMARTS) is 1. The molecule has 0 heterocycles. The number of fused-ring (bicyclic) bond motifs is 1. The molecule has 0 saturated carbocycles. The number of halogens is 1. The lowest BCUT2D eigenvalue weighted by Gasteiger charge is -2.11. The van der Waals surface area contributed by atoms with Crippen molar-refractivity contribution in [3.63, 3.8) is 0 Å². The number of aromatic hydroxyl groups is 1. The van der Waals surface area contributed by atoms with Crippen molar-refractivity contribution in [2.75, 3.05) is 4.72 Å². The largest absolute Gasteiger partial charge is 0.506 e. The molecule has 0 spiro atoms. The van der Waals surface area contributed by atoms with E-state index in [-0.39, 0.29) is 11.3 Å². The average Bonchev–Trinajstić information content (AvgIpc) is 2.55. The van der Waals surface area contributed by atoms with Crippen LogP contribution in [0.3, 0.4) is 0 Å². The molecule has 23 heavy (non-hydrogen) atoms. The number of anilines is 1. The van der Waals surface area contributed by atoms with Crippen LogP contribution in [0.1, 0.15) is 10.4 Å². The molecule has 0 aromatic heterocycles. The molecule has 0 bridgehead atoms. The molecule has 0 aliphatic carbocycles. The van der Waals surface area contributed by atoms with Crippen LogP contribution in [0.2, 0.25) is 5.02 Å². The summed E-state index contributed by atoms with van der Waals surface area (Å²) in [7, 11) is 0. The van der Waals surface area contributed by atoms with Crippen molar-refractivity contribution < 1.29 is 15.0 Å². The third kappa shape index (κ3) is 3.21. The number of carbonyl (C=O) groups is 1. The molecular formula is C17H12ClNO3S. The third-order valence-corrected chi connectivity index (χ3v) is 4.48. The molecule has 3 aromatic carbocycles. The molecule has 0 fully saturated rings. The fourth-order valence-electron chi connectivity index (χ4n) is 2.21. The quantitative estimate of drug-likeness (QED) is 0.579. The van der Waals surface area contributed by atoms with Gasteiger partial charge in [0, 0.05) is 26.4 Å². The van der Waals surface area contributed by atoms with Crippen molar-refractivity contribution in [3.05, 3.63) is 65.2 Å². The zero-order chi connectivity index (χ0) is 16.4. The first kappa shape index (κ1) is 15.5. The minimum Gasteiger partial charge on any atom is -0.506 e. The Bertz CT molecular complexity index is 881. The highest BCUT2D eigenvalue weighted by atomic mass is 35.5. The van der Waals surface area contributed by atoms with E-state index in [9.17, 15) is 15.0 Å². The lowest BCUT2D eigenvalue weighted by atomic mass is 10.1. The first-order valence-corrected chi connectivity index (χ1v) is 7.92. The van der Waals surface area contributed by atoms with Gasteiger partial charge in [-0.25, -0.2) is 4.79 Å². The van der Waals surface area contributed by atoms with Gasteiger partial charge in [-0.3, -0.25) is 0 Å². The molecule has 3 aromatic rings. The fraction of sp³-hybridized carbons (Fsp3) is 0. The Kier molecular flexibility index (Phi) is 4.32. The molecule has 3 rings (SSSR count). The van der Waals surface area contributed by atoms with Crippen LogP contribution in [0, 0.1) is 0 Å². The van der Waals surface area contributed by atoms with Crippen LogP contribution in [-0.2, 0) is 0 Å². The summed E-state index contributed by atoms with van der Waals surface area (Å²) >= 11 is 7.13. The molecule has 0 saturated heterocycles. The first-order valence-electron chi connectivity index (χ1n) is 6.72. The summed E-state index contributed by atoms with van der Waals surface area (Å²) in [5.74, 6) is -1.38. The number of hydrogen-bond donors (Lipinski definition) is 3. The summed E-state index contributed by atoms with van der Waals surface area (Å²) in [6, 6.07) is 15.8. The number of nitrogens with one attached hydrogen (secondary N) is 1. The minimum atomic E-state index is -1.17. The van der Waals surface area contributed by atoms with Crippen molar-refractivity contribution in [2.24, 2.45) is 0 Å². The summed E-state index contributed by atoms with van der Waals surface area (Å²) in [4.78, 5) is 12.0. The fourth-order valence-corrected chi connectivity index (χ4v) is 3.16. The summed E-state index contributed by atoms with van der Waals surface area (Å²) in [5, 5.41) is 21.3. The molecule has 0 atom stereocenters. The first-order chi connectivity index (χ1) is 11.1. The Morgan fingerprint density at radius 1 is 1.04 bits per heavy atom. The zero-order valence-electron chi connectivity index (χ0n) is 11.8. The van der Waals surface area contributed by atoms with E-state index in [1.54, 1.807) is 24.3 Å². The van der Waals surface area contributed by atoms with Gasteiger partial charge in [0.25, 0.3) is 0 Å². The summed E-state index contributed by atoms with van der Waals surface area (Å²) in [6.45, 7) is 0. The van der Waals surface area contributed by atoms with Crippen LogP contribution >= 0.6 is 23.5 Å². The average molecular weight is 346 g/mol. The highest BCUT2D eigenvalue weighted by molar-refractivity contribution is 8.00. The van der Waals surface area contributed by atoms with Gasteiger partial charge in [-0.05, 0) is 42.3 Å². The van der Waals surface area contributed by atoms with Gasteiger partial charge in [0.1, 0.15) is 11.3 Å². The molecular weight excluding hydrogens is 334 g/mol. The number of benzene rings is 3. The van der Waals surface area contributed by atoms with E-state index in [2.05, 4.69) is 4.72 Å². The Balaban J connectivity index is 2.00. The number of carboxylic acids is 1. The lowest BCUT2D eigenvalue weighted by Crippen LogP contribution is -1.99. The number of phenols is 1.